The van der Waals surface area contributed by atoms with Crippen molar-refractivity contribution in [3.63, 3.8) is 0 Å². The van der Waals surface area contributed by atoms with E-state index in [1.807, 2.05) is 36.6 Å². The van der Waals surface area contributed by atoms with E-state index in [1.54, 1.807) is 18.2 Å². The van der Waals surface area contributed by atoms with Gasteiger partial charge in [-0.2, -0.15) is 0 Å². The van der Waals surface area contributed by atoms with Gasteiger partial charge in [0.2, 0.25) is 5.91 Å². The number of hydrogen-bond acceptors (Lipinski definition) is 4. The van der Waals surface area contributed by atoms with Crippen LogP contribution in [0.3, 0.4) is 0 Å². The molecule has 1 unspecified atom stereocenters. The van der Waals surface area contributed by atoms with E-state index in [0.29, 0.717) is 32.4 Å². The molecule has 1 amide bonds. The van der Waals surface area contributed by atoms with Crippen molar-refractivity contribution in [3.05, 3.63) is 79.0 Å². The summed E-state index contributed by atoms with van der Waals surface area (Å²) in [6.45, 7) is 1.84. The quantitative estimate of drug-likeness (QED) is 0.305. The standard InChI is InChI=1S/C22H16BrCl2N3O2S/c1-2-18(20(29)27-17-8-7-14(24)9-16(17)25)28-11-26-21-19(22(28)30)15(10-31-21)12-3-5-13(23)6-4-12/h3-11,18H,2H2,1H3,(H,27,29). The van der Waals surface area contributed by atoms with Crippen molar-refractivity contribution in [1.82, 2.24) is 9.55 Å². The Kier molecular flexibility index (Phi) is 6.48. The van der Waals surface area contributed by atoms with Gasteiger partial charge in [0, 0.05) is 20.4 Å². The molecule has 0 spiro atoms. The molecule has 0 aliphatic heterocycles. The maximum atomic E-state index is 13.4. The van der Waals surface area contributed by atoms with Crippen LogP contribution in [0.1, 0.15) is 19.4 Å². The molecule has 9 heteroatoms. The summed E-state index contributed by atoms with van der Waals surface area (Å²) >= 11 is 16.9. The summed E-state index contributed by atoms with van der Waals surface area (Å²) in [4.78, 5) is 31.5. The molecule has 0 bridgehead atoms. The second-order valence-electron chi connectivity index (χ2n) is 6.83. The zero-order valence-electron chi connectivity index (χ0n) is 16.2. The van der Waals surface area contributed by atoms with Crippen LogP contribution in [0.25, 0.3) is 21.3 Å². The zero-order chi connectivity index (χ0) is 22.1. The van der Waals surface area contributed by atoms with Crippen LogP contribution in [0.5, 0.6) is 0 Å². The van der Waals surface area contributed by atoms with Crippen molar-refractivity contribution in [2.24, 2.45) is 0 Å². The minimum absolute atomic E-state index is 0.256. The number of benzene rings is 2. The average molecular weight is 537 g/mol. The van der Waals surface area contributed by atoms with E-state index in [2.05, 4.69) is 26.2 Å². The fourth-order valence-electron chi connectivity index (χ4n) is 3.32. The maximum absolute atomic E-state index is 13.4. The molecule has 158 valence electrons. The van der Waals surface area contributed by atoms with Gasteiger partial charge in [0.25, 0.3) is 5.56 Å². The highest BCUT2D eigenvalue weighted by molar-refractivity contribution is 9.10. The second kappa shape index (κ2) is 9.12. The van der Waals surface area contributed by atoms with Crippen LogP contribution in [0, 0.1) is 0 Å². The largest absolute Gasteiger partial charge is 0.323 e. The Balaban J connectivity index is 1.74. The first-order chi connectivity index (χ1) is 14.9. The molecule has 0 saturated heterocycles. The van der Waals surface area contributed by atoms with E-state index in [-0.39, 0.29) is 11.5 Å². The fraction of sp³-hybridized carbons (Fsp3) is 0.136. The number of anilines is 1. The van der Waals surface area contributed by atoms with Gasteiger partial charge in [-0.25, -0.2) is 4.98 Å². The molecule has 1 atom stereocenters. The highest BCUT2D eigenvalue weighted by atomic mass is 79.9. The second-order valence-corrected chi connectivity index (χ2v) is 9.45. The highest BCUT2D eigenvalue weighted by Gasteiger charge is 2.23. The van der Waals surface area contributed by atoms with Gasteiger partial charge in [-0.1, -0.05) is 58.2 Å². The molecule has 0 aliphatic rings. The van der Waals surface area contributed by atoms with Gasteiger partial charge in [0.05, 0.1) is 22.4 Å². The summed E-state index contributed by atoms with van der Waals surface area (Å²) in [6, 6.07) is 11.8. The first-order valence-corrected chi connectivity index (χ1v) is 11.8. The number of carbonyl (C=O) groups is 1. The molecule has 5 nitrogen and oxygen atoms in total. The minimum atomic E-state index is -0.742. The SMILES string of the molecule is CCC(C(=O)Nc1ccc(Cl)cc1Cl)n1cnc2scc(-c3ccc(Br)cc3)c2c1=O. The topological polar surface area (TPSA) is 64.0 Å². The predicted molar refractivity (Wildman–Crippen MR) is 131 cm³/mol. The average Bonchev–Trinajstić information content (AvgIpc) is 3.18. The van der Waals surface area contributed by atoms with E-state index < -0.39 is 6.04 Å². The lowest BCUT2D eigenvalue weighted by atomic mass is 10.1. The number of amides is 1. The molecular weight excluding hydrogens is 521 g/mol. The van der Waals surface area contributed by atoms with E-state index in [9.17, 15) is 9.59 Å². The van der Waals surface area contributed by atoms with Crippen molar-refractivity contribution in [1.29, 1.82) is 0 Å². The first-order valence-electron chi connectivity index (χ1n) is 9.39. The van der Waals surface area contributed by atoms with Crippen LogP contribution in [-0.4, -0.2) is 15.5 Å². The van der Waals surface area contributed by atoms with Crippen molar-refractivity contribution in [2.45, 2.75) is 19.4 Å². The molecule has 4 aromatic rings. The van der Waals surface area contributed by atoms with E-state index in [1.165, 1.54) is 22.2 Å². The minimum Gasteiger partial charge on any atom is -0.323 e. The van der Waals surface area contributed by atoms with Gasteiger partial charge >= 0.3 is 0 Å². The molecule has 1 N–H and O–H groups in total. The van der Waals surface area contributed by atoms with Crippen LogP contribution >= 0.6 is 50.5 Å². The number of thiophene rings is 1. The summed E-state index contributed by atoms with van der Waals surface area (Å²) in [6.07, 6.45) is 1.84. The van der Waals surface area contributed by atoms with Gasteiger partial charge in [-0.3, -0.25) is 14.2 Å². The number of carbonyl (C=O) groups excluding carboxylic acids is 1. The molecule has 4 rings (SSSR count). The Morgan fingerprint density at radius 1 is 1.23 bits per heavy atom. The Hall–Kier alpha value is -2.19. The van der Waals surface area contributed by atoms with Gasteiger partial charge < -0.3 is 5.32 Å². The highest BCUT2D eigenvalue weighted by Crippen LogP contribution is 2.32. The van der Waals surface area contributed by atoms with Crippen LogP contribution in [0.2, 0.25) is 10.0 Å². The number of fused-ring (bicyclic) bond motifs is 1. The third-order valence-corrected chi connectivity index (χ3v) is 6.85. The molecule has 0 aliphatic carbocycles. The third-order valence-electron chi connectivity index (χ3n) is 4.89. The number of nitrogens with zero attached hydrogens (tertiary/aromatic N) is 2. The lowest BCUT2D eigenvalue weighted by molar-refractivity contribution is -0.119. The molecule has 2 aromatic heterocycles. The molecular formula is C22H16BrCl2N3O2S. The van der Waals surface area contributed by atoms with Gasteiger partial charge in [0.15, 0.2) is 0 Å². The third kappa shape index (κ3) is 4.41. The van der Waals surface area contributed by atoms with Crippen LogP contribution in [0.4, 0.5) is 5.69 Å². The number of nitrogens with one attached hydrogen (secondary N) is 1. The van der Waals surface area contributed by atoms with Crippen molar-refractivity contribution in [2.75, 3.05) is 5.32 Å². The predicted octanol–water partition coefficient (Wildman–Crippen LogP) is 6.78. The molecule has 2 heterocycles. The summed E-state index contributed by atoms with van der Waals surface area (Å²) in [5.41, 5.74) is 1.89. The van der Waals surface area contributed by atoms with Gasteiger partial charge in [-0.05, 0) is 42.3 Å². The summed E-state index contributed by atoms with van der Waals surface area (Å²) < 4.78 is 2.34. The molecule has 0 fully saturated rings. The maximum Gasteiger partial charge on any atom is 0.263 e. The molecule has 0 saturated carbocycles. The van der Waals surface area contributed by atoms with E-state index in [4.69, 9.17) is 23.2 Å². The summed E-state index contributed by atoms with van der Waals surface area (Å²) in [5.74, 6) is -0.351. The fourth-order valence-corrected chi connectivity index (χ4v) is 4.95. The number of halogens is 3. The Morgan fingerprint density at radius 3 is 2.65 bits per heavy atom. The summed E-state index contributed by atoms with van der Waals surface area (Å²) in [5, 5.41) is 6.01. The van der Waals surface area contributed by atoms with Gasteiger partial charge in [-0.15, -0.1) is 11.3 Å². The lowest BCUT2D eigenvalue weighted by Crippen LogP contribution is -2.33. The molecule has 2 aromatic carbocycles. The zero-order valence-corrected chi connectivity index (χ0v) is 20.1. The monoisotopic (exact) mass is 535 g/mol. The van der Waals surface area contributed by atoms with Crippen LogP contribution < -0.4 is 10.9 Å². The van der Waals surface area contributed by atoms with Gasteiger partial charge in [0.1, 0.15) is 10.9 Å². The number of hydrogen-bond donors (Lipinski definition) is 1. The Labute approximate surface area is 200 Å². The van der Waals surface area contributed by atoms with E-state index in [0.717, 1.165) is 15.6 Å². The molecule has 31 heavy (non-hydrogen) atoms. The molecule has 0 radical (unpaired) electrons. The smallest absolute Gasteiger partial charge is 0.263 e. The number of rotatable bonds is 5. The van der Waals surface area contributed by atoms with Crippen molar-refractivity contribution >= 4 is 72.3 Å². The normalized spacial score (nSPS) is 12.1. The van der Waals surface area contributed by atoms with Crippen LogP contribution in [0.15, 0.2) is 63.4 Å². The lowest BCUT2D eigenvalue weighted by Gasteiger charge is -2.18. The summed E-state index contributed by atoms with van der Waals surface area (Å²) in [7, 11) is 0. The van der Waals surface area contributed by atoms with Crippen LogP contribution in [-0.2, 0) is 4.79 Å². The Bertz CT molecular complexity index is 1340. The van der Waals surface area contributed by atoms with Crippen molar-refractivity contribution < 1.29 is 4.79 Å². The first kappa shape index (κ1) is 22.0. The Morgan fingerprint density at radius 2 is 1.97 bits per heavy atom. The number of aromatic nitrogens is 2. The van der Waals surface area contributed by atoms with Crippen molar-refractivity contribution in [3.8, 4) is 11.1 Å². The van der Waals surface area contributed by atoms with E-state index >= 15 is 0 Å².